The van der Waals surface area contributed by atoms with Crippen molar-refractivity contribution in [2.75, 3.05) is 12.4 Å². The first-order valence-corrected chi connectivity index (χ1v) is 6.30. The Labute approximate surface area is 113 Å². The van der Waals surface area contributed by atoms with E-state index in [-0.39, 0.29) is 17.2 Å². The maximum Gasteiger partial charge on any atom is 0.161 e. The van der Waals surface area contributed by atoms with Gasteiger partial charge in [-0.3, -0.25) is 0 Å². The summed E-state index contributed by atoms with van der Waals surface area (Å²) in [6, 6.07) is 2.87. The Morgan fingerprint density at radius 2 is 1.70 bits per heavy atom. The fraction of sp³-hybridized carbons (Fsp3) is 0.286. The summed E-state index contributed by atoms with van der Waals surface area (Å²) in [6.45, 7) is 0. The number of hydrogen-bond acceptors (Lipinski definition) is 3. The van der Waals surface area contributed by atoms with Gasteiger partial charge in [-0.1, -0.05) is 0 Å². The molecule has 1 aromatic heterocycles. The summed E-state index contributed by atoms with van der Waals surface area (Å²) >= 11 is 0. The number of aromatic nitrogens is 2. The molecule has 1 saturated carbocycles. The molecule has 0 radical (unpaired) electrons. The molecule has 3 rings (SSSR count). The zero-order valence-electron chi connectivity index (χ0n) is 10.8. The van der Waals surface area contributed by atoms with Crippen molar-refractivity contribution >= 4 is 5.82 Å². The molecule has 20 heavy (non-hydrogen) atoms. The predicted octanol–water partition coefficient (Wildman–Crippen LogP) is 3.48. The van der Waals surface area contributed by atoms with Gasteiger partial charge in [0, 0.05) is 30.7 Å². The first-order valence-electron chi connectivity index (χ1n) is 6.30. The number of benzene rings is 1. The Morgan fingerprint density at radius 3 is 2.35 bits per heavy atom. The standard InChI is InChI=1S/C14H12F3N3/c1-18-13-6-12(19-14(20-13)7-2-3-7)8-4-10(16)11(17)5-9(8)15/h4-7H,2-3H2,1H3,(H,18,19,20). The van der Waals surface area contributed by atoms with Crippen molar-refractivity contribution in [2.24, 2.45) is 0 Å². The van der Waals surface area contributed by atoms with Crippen LogP contribution < -0.4 is 5.32 Å². The number of rotatable bonds is 3. The molecule has 6 heteroatoms. The van der Waals surface area contributed by atoms with Gasteiger partial charge >= 0.3 is 0 Å². The SMILES string of the molecule is CNc1cc(-c2cc(F)c(F)cc2F)nc(C2CC2)n1. The quantitative estimate of drug-likeness (QED) is 0.874. The molecule has 1 aliphatic rings. The highest BCUT2D eigenvalue weighted by atomic mass is 19.2. The first-order chi connectivity index (χ1) is 9.58. The molecule has 0 bridgehead atoms. The summed E-state index contributed by atoms with van der Waals surface area (Å²) in [4.78, 5) is 8.56. The molecule has 0 unspecified atom stereocenters. The third-order valence-corrected chi connectivity index (χ3v) is 3.23. The minimum atomic E-state index is -1.21. The molecule has 0 atom stereocenters. The minimum Gasteiger partial charge on any atom is -0.373 e. The summed E-state index contributed by atoms with van der Waals surface area (Å²) in [6.07, 6.45) is 1.99. The van der Waals surface area contributed by atoms with Crippen molar-refractivity contribution in [1.29, 1.82) is 0 Å². The van der Waals surface area contributed by atoms with Crippen LogP contribution in [-0.4, -0.2) is 17.0 Å². The summed E-state index contributed by atoms with van der Waals surface area (Å²) in [5.74, 6) is -1.74. The Morgan fingerprint density at radius 1 is 1.00 bits per heavy atom. The lowest BCUT2D eigenvalue weighted by atomic mass is 10.1. The van der Waals surface area contributed by atoms with Crippen LogP contribution in [0.25, 0.3) is 11.3 Å². The lowest BCUT2D eigenvalue weighted by Gasteiger charge is -2.08. The maximum absolute atomic E-state index is 13.8. The third kappa shape index (κ3) is 2.33. The van der Waals surface area contributed by atoms with E-state index in [2.05, 4.69) is 15.3 Å². The Hall–Kier alpha value is -2.11. The van der Waals surface area contributed by atoms with Gasteiger partial charge in [0.2, 0.25) is 0 Å². The highest BCUT2D eigenvalue weighted by molar-refractivity contribution is 5.63. The normalized spacial score (nSPS) is 14.4. The van der Waals surface area contributed by atoms with Crippen molar-refractivity contribution in [2.45, 2.75) is 18.8 Å². The van der Waals surface area contributed by atoms with Crippen LogP contribution >= 0.6 is 0 Å². The van der Waals surface area contributed by atoms with Crippen molar-refractivity contribution in [3.63, 3.8) is 0 Å². The van der Waals surface area contributed by atoms with E-state index in [1.807, 2.05) is 0 Å². The van der Waals surface area contributed by atoms with E-state index in [9.17, 15) is 13.2 Å². The van der Waals surface area contributed by atoms with Crippen molar-refractivity contribution in [1.82, 2.24) is 9.97 Å². The van der Waals surface area contributed by atoms with Gasteiger partial charge in [0.25, 0.3) is 0 Å². The van der Waals surface area contributed by atoms with Crippen LogP contribution in [0.15, 0.2) is 18.2 Å². The summed E-state index contributed by atoms with van der Waals surface area (Å²) < 4.78 is 40.1. The molecule has 0 aliphatic heterocycles. The van der Waals surface area contributed by atoms with E-state index in [0.717, 1.165) is 18.9 Å². The number of hydrogen-bond donors (Lipinski definition) is 1. The monoisotopic (exact) mass is 279 g/mol. The van der Waals surface area contributed by atoms with Gasteiger partial charge in [-0.15, -0.1) is 0 Å². The summed E-state index contributed by atoms with van der Waals surface area (Å²) in [5, 5.41) is 2.86. The van der Waals surface area contributed by atoms with E-state index in [0.29, 0.717) is 17.7 Å². The second-order valence-corrected chi connectivity index (χ2v) is 4.77. The number of halogens is 3. The molecule has 1 heterocycles. The molecule has 0 spiro atoms. The fourth-order valence-electron chi connectivity index (χ4n) is 1.97. The van der Waals surface area contributed by atoms with Crippen LogP contribution in [0.5, 0.6) is 0 Å². The number of nitrogens with zero attached hydrogens (tertiary/aromatic N) is 2. The van der Waals surface area contributed by atoms with Gasteiger partial charge in [-0.2, -0.15) is 0 Å². The Bertz CT molecular complexity index is 669. The summed E-state index contributed by atoms with van der Waals surface area (Å²) in [7, 11) is 1.68. The largest absolute Gasteiger partial charge is 0.373 e. The number of anilines is 1. The average Bonchev–Trinajstić information content (AvgIpc) is 3.26. The Kier molecular flexibility index (Phi) is 3.08. The van der Waals surface area contributed by atoms with Crippen LogP contribution in [0.1, 0.15) is 24.6 Å². The molecule has 0 saturated heterocycles. The smallest absolute Gasteiger partial charge is 0.161 e. The topological polar surface area (TPSA) is 37.8 Å². The maximum atomic E-state index is 13.8. The van der Waals surface area contributed by atoms with Gasteiger partial charge in [0.1, 0.15) is 17.5 Å². The van der Waals surface area contributed by atoms with E-state index in [1.54, 1.807) is 7.05 Å². The molecular weight excluding hydrogens is 267 g/mol. The molecule has 1 aromatic carbocycles. The molecule has 1 fully saturated rings. The molecule has 1 N–H and O–H groups in total. The molecule has 1 aliphatic carbocycles. The fourth-order valence-corrected chi connectivity index (χ4v) is 1.97. The van der Waals surface area contributed by atoms with Gasteiger partial charge in [-0.25, -0.2) is 23.1 Å². The lowest BCUT2D eigenvalue weighted by Crippen LogP contribution is -2.02. The minimum absolute atomic E-state index is 0.0651. The molecule has 3 nitrogen and oxygen atoms in total. The van der Waals surface area contributed by atoms with E-state index < -0.39 is 17.5 Å². The van der Waals surface area contributed by atoms with Crippen LogP contribution in [0.4, 0.5) is 19.0 Å². The zero-order chi connectivity index (χ0) is 14.3. The van der Waals surface area contributed by atoms with E-state index >= 15 is 0 Å². The van der Waals surface area contributed by atoms with Crippen LogP contribution in [0.2, 0.25) is 0 Å². The second-order valence-electron chi connectivity index (χ2n) is 4.77. The first kappa shape index (κ1) is 12.9. The van der Waals surface area contributed by atoms with Gasteiger partial charge in [0.05, 0.1) is 5.69 Å². The van der Waals surface area contributed by atoms with E-state index in [1.165, 1.54) is 6.07 Å². The van der Waals surface area contributed by atoms with Gasteiger partial charge in [0.15, 0.2) is 11.6 Å². The molecule has 2 aromatic rings. The van der Waals surface area contributed by atoms with Crippen molar-refractivity contribution < 1.29 is 13.2 Å². The lowest BCUT2D eigenvalue weighted by molar-refractivity contribution is 0.496. The van der Waals surface area contributed by atoms with Crippen molar-refractivity contribution in [3.05, 3.63) is 41.5 Å². The molecular formula is C14H12F3N3. The second kappa shape index (κ2) is 4.77. The zero-order valence-corrected chi connectivity index (χ0v) is 10.8. The van der Waals surface area contributed by atoms with Gasteiger partial charge < -0.3 is 5.32 Å². The predicted molar refractivity (Wildman–Crippen MR) is 68.9 cm³/mol. The molecule has 0 amide bonds. The van der Waals surface area contributed by atoms with Gasteiger partial charge in [-0.05, 0) is 18.9 Å². The van der Waals surface area contributed by atoms with E-state index in [4.69, 9.17) is 0 Å². The van der Waals surface area contributed by atoms with Crippen molar-refractivity contribution in [3.8, 4) is 11.3 Å². The van der Waals surface area contributed by atoms with Crippen LogP contribution in [0.3, 0.4) is 0 Å². The molecule has 104 valence electrons. The van der Waals surface area contributed by atoms with Crippen LogP contribution in [-0.2, 0) is 0 Å². The highest BCUT2D eigenvalue weighted by Crippen LogP contribution is 2.39. The number of nitrogens with one attached hydrogen (secondary N) is 1. The third-order valence-electron chi connectivity index (χ3n) is 3.23. The Balaban J connectivity index is 2.13. The summed E-state index contributed by atoms with van der Waals surface area (Å²) in [5.41, 5.74) is 0.187. The highest BCUT2D eigenvalue weighted by Gasteiger charge is 2.27. The van der Waals surface area contributed by atoms with Crippen LogP contribution in [0, 0.1) is 17.5 Å². The average molecular weight is 279 g/mol.